The molecule has 0 bridgehead atoms. The zero-order valence-electron chi connectivity index (χ0n) is 27.0. The van der Waals surface area contributed by atoms with Gasteiger partial charge in [0.1, 0.15) is 17.0 Å². The fourth-order valence-corrected chi connectivity index (χ4v) is 6.93. The molecule has 9 rings (SSSR count). The molecule has 2 heterocycles. The molecule has 1 unspecified atom stereocenters. The molecule has 4 nitrogen and oxygen atoms in total. The molecule has 0 spiro atoms. The Morgan fingerprint density at radius 1 is 0.551 bits per heavy atom. The first-order valence-electron chi connectivity index (χ1n) is 16.9. The van der Waals surface area contributed by atoms with E-state index in [1.54, 1.807) is 0 Å². The summed E-state index contributed by atoms with van der Waals surface area (Å²) in [5.41, 5.74) is 10.9. The molecule has 2 aliphatic rings. The molecule has 0 radical (unpaired) electrons. The average molecular weight is 632 g/mol. The Kier molecular flexibility index (Phi) is 7.39. The molecule has 2 aliphatic carbocycles. The van der Waals surface area contributed by atoms with Crippen LogP contribution in [0.2, 0.25) is 0 Å². The summed E-state index contributed by atoms with van der Waals surface area (Å²) in [6.45, 7) is 0. The summed E-state index contributed by atoms with van der Waals surface area (Å²) < 4.78 is 6.50. The quantitative estimate of drug-likeness (QED) is 0.183. The minimum Gasteiger partial charge on any atom is -0.456 e. The first kappa shape index (κ1) is 29.0. The molecule has 0 saturated carbocycles. The van der Waals surface area contributed by atoms with Gasteiger partial charge in [0.25, 0.3) is 0 Å². The Labute approximate surface area is 285 Å². The third-order valence-corrected chi connectivity index (χ3v) is 9.54. The average Bonchev–Trinajstić information content (AvgIpc) is 3.57. The van der Waals surface area contributed by atoms with Crippen LogP contribution in [0.3, 0.4) is 0 Å². The van der Waals surface area contributed by atoms with Gasteiger partial charge in [-0.05, 0) is 76.4 Å². The molecule has 7 aromatic rings. The number of aromatic nitrogens is 3. The van der Waals surface area contributed by atoms with Gasteiger partial charge in [-0.1, -0.05) is 140 Å². The Balaban J connectivity index is 1.06. The lowest BCUT2D eigenvalue weighted by Crippen LogP contribution is -2.09. The number of allylic oxidation sites excluding steroid dienone is 8. The SMILES string of the molecule is C1=CCCC(c2nc(-c3ccc4c(c3)oc3cccc(-c5ccc(-c6ccc(-c7ccccc7)cc6)cc5)c34)nc(C3C=CC=CC3)n2)=C1. The summed E-state index contributed by atoms with van der Waals surface area (Å²) in [4.78, 5) is 15.0. The highest BCUT2D eigenvalue weighted by molar-refractivity contribution is 6.13. The minimum atomic E-state index is 0.128. The molecule has 0 N–H and O–H groups in total. The van der Waals surface area contributed by atoms with Gasteiger partial charge in [0, 0.05) is 22.3 Å². The molecule has 4 heteroatoms. The Hall–Kier alpha value is -6.13. The minimum absolute atomic E-state index is 0.128. The number of rotatable bonds is 6. The lowest BCUT2D eigenvalue weighted by Gasteiger charge is -2.15. The molecule has 0 fully saturated rings. The lowest BCUT2D eigenvalue weighted by atomic mass is 9.96. The maximum atomic E-state index is 6.50. The van der Waals surface area contributed by atoms with Gasteiger partial charge in [0.2, 0.25) is 0 Å². The van der Waals surface area contributed by atoms with E-state index in [0.717, 1.165) is 75.1 Å². The van der Waals surface area contributed by atoms with Crippen molar-refractivity contribution in [1.29, 1.82) is 0 Å². The summed E-state index contributed by atoms with van der Waals surface area (Å²) in [6.07, 6.45) is 17.7. The van der Waals surface area contributed by atoms with E-state index in [0.29, 0.717) is 5.82 Å². The zero-order valence-corrected chi connectivity index (χ0v) is 27.0. The number of hydrogen-bond donors (Lipinski definition) is 0. The van der Waals surface area contributed by atoms with Crippen molar-refractivity contribution in [3.63, 3.8) is 0 Å². The summed E-state index contributed by atoms with van der Waals surface area (Å²) in [6, 6.07) is 40.7. The summed E-state index contributed by atoms with van der Waals surface area (Å²) in [5.74, 6) is 2.37. The largest absolute Gasteiger partial charge is 0.456 e. The lowest BCUT2D eigenvalue weighted by molar-refractivity contribution is 0.669. The van der Waals surface area contributed by atoms with Gasteiger partial charge >= 0.3 is 0 Å². The molecular formula is C45H33N3O. The van der Waals surface area contributed by atoms with Crippen molar-refractivity contribution in [2.45, 2.75) is 25.2 Å². The predicted octanol–water partition coefficient (Wildman–Crippen LogP) is 11.8. The highest BCUT2D eigenvalue weighted by atomic mass is 16.3. The van der Waals surface area contributed by atoms with E-state index in [1.165, 1.54) is 22.3 Å². The molecule has 2 aromatic heterocycles. The van der Waals surface area contributed by atoms with E-state index in [4.69, 9.17) is 19.4 Å². The van der Waals surface area contributed by atoms with Crippen molar-refractivity contribution in [1.82, 2.24) is 15.0 Å². The highest BCUT2D eigenvalue weighted by Crippen LogP contribution is 2.39. The second kappa shape index (κ2) is 12.5. The maximum Gasteiger partial charge on any atom is 0.163 e. The second-order valence-electron chi connectivity index (χ2n) is 12.7. The molecule has 49 heavy (non-hydrogen) atoms. The van der Waals surface area contributed by atoms with Crippen molar-refractivity contribution < 1.29 is 4.42 Å². The molecule has 1 atom stereocenters. The first-order chi connectivity index (χ1) is 24.3. The zero-order chi connectivity index (χ0) is 32.6. The summed E-state index contributed by atoms with van der Waals surface area (Å²) in [7, 11) is 0. The van der Waals surface area contributed by atoms with Crippen molar-refractivity contribution in [2.24, 2.45) is 0 Å². The van der Waals surface area contributed by atoms with E-state index < -0.39 is 0 Å². The van der Waals surface area contributed by atoms with Crippen LogP contribution in [0, 0.1) is 0 Å². The van der Waals surface area contributed by atoms with Crippen molar-refractivity contribution in [3.05, 3.63) is 169 Å². The fraction of sp³-hybridized carbons (Fsp3) is 0.0889. The van der Waals surface area contributed by atoms with Crippen LogP contribution in [0.4, 0.5) is 0 Å². The molecule has 0 amide bonds. The van der Waals surface area contributed by atoms with E-state index in [1.807, 2.05) is 12.1 Å². The van der Waals surface area contributed by atoms with Crippen LogP contribution in [0.25, 0.3) is 72.3 Å². The van der Waals surface area contributed by atoms with Gasteiger partial charge in [-0.3, -0.25) is 0 Å². The van der Waals surface area contributed by atoms with Crippen molar-refractivity contribution >= 4 is 27.5 Å². The third-order valence-electron chi connectivity index (χ3n) is 9.54. The van der Waals surface area contributed by atoms with Crippen LogP contribution in [0.5, 0.6) is 0 Å². The normalized spacial score (nSPS) is 15.6. The van der Waals surface area contributed by atoms with Gasteiger partial charge in [0.05, 0.1) is 0 Å². The van der Waals surface area contributed by atoms with Crippen molar-refractivity contribution in [2.75, 3.05) is 0 Å². The first-order valence-corrected chi connectivity index (χ1v) is 16.9. The van der Waals surface area contributed by atoms with Crippen molar-refractivity contribution in [3.8, 4) is 44.8 Å². The maximum absolute atomic E-state index is 6.50. The summed E-state index contributed by atoms with van der Waals surface area (Å²) >= 11 is 0. The smallest absolute Gasteiger partial charge is 0.163 e. The number of fused-ring (bicyclic) bond motifs is 3. The van der Waals surface area contributed by atoms with Crippen LogP contribution < -0.4 is 0 Å². The van der Waals surface area contributed by atoms with Crippen LogP contribution in [-0.2, 0) is 0 Å². The topological polar surface area (TPSA) is 51.8 Å². The molecule has 0 aliphatic heterocycles. The van der Waals surface area contributed by atoms with E-state index in [9.17, 15) is 0 Å². The number of hydrogen-bond acceptors (Lipinski definition) is 4. The number of benzene rings is 5. The van der Waals surface area contributed by atoms with Gasteiger partial charge in [0.15, 0.2) is 11.6 Å². The number of nitrogens with zero attached hydrogens (tertiary/aromatic N) is 3. The molecule has 234 valence electrons. The van der Waals surface area contributed by atoms with E-state index in [-0.39, 0.29) is 5.92 Å². The molecule has 5 aromatic carbocycles. The van der Waals surface area contributed by atoms with E-state index in [2.05, 4.69) is 146 Å². The van der Waals surface area contributed by atoms with Gasteiger partial charge in [-0.2, -0.15) is 0 Å². The second-order valence-corrected chi connectivity index (χ2v) is 12.7. The van der Waals surface area contributed by atoms with Crippen LogP contribution in [0.1, 0.15) is 36.8 Å². The van der Waals surface area contributed by atoms with Crippen LogP contribution >= 0.6 is 0 Å². The van der Waals surface area contributed by atoms with Crippen LogP contribution in [0.15, 0.2) is 162 Å². The molecule has 0 saturated heterocycles. The Morgan fingerprint density at radius 3 is 1.98 bits per heavy atom. The predicted molar refractivity (Wildman–Crippen MR) is 201 cm³/mol. The van der Waals surface area contributed by atoms with E-state index >= 15 is 0 Å². The fourth-order valence-electron chi connectivity index (χ4n) is 6.93. The third kappa shape index (κ3) is 5.62. The van der Waals surface area contributed by atoms with Crippen LogP contribution in [-0.4, -0.2) is 15.0 Å². The Morgan fingerprint density at radius 2 is 1.27 bits per heavy atom. The van der Waals surface area contributed by atoms with Gasteiger partial charge < -0.3 is 4.42 Å². The van der Waals surface area contributed by atoms with Gasteiger partial charge in [-0.25, -0.2) is 15.0 Å². The van der Waals surface area contributed by atoms with Gasteiger partial charge in [-0.15, -0.1) is 0 Å². The highest BCUT2D eigenvalue weighted by Gasteiger charge is 2.20. The standard InChI is InChI=1S/C45H33N3O/c1-4-11-30(12-5-1)31-19-21-32(22-20-31)33-23-25-34(26-24-33)38-17-10-18-40-42(38)39-28-27-37(29-41(39)49-40)45-47-43(35-13-6-2-7-14-35)46-44(48-45)36-15-8-3-9-16-36/h1-8,10-13,15,17-29,35H,9,14,16H2. The number of furan rings is 1. The summed E-state index contributed by atoms with van der Waals surface area (Å²) in [5, 5.41) is 2.18. The molecular weight excluding hydrogens is 599 g/mol. The monoisotopic (exact) mass is 631 g/mol. The Bertz CT molecular complexity index is 2450.